The van der Waals surface area contributed by atoms with E-state index in [1.54, 1.807) is 30.3 Å². The highest BCUT2D eigenvalue weighted by Gasteiger charge is 2.38. The van der Waals surface area contributed by atoms with Gasteiger partial charge in [0, 0.05) is 27.7 Å². The van der Waals surface area contributed by atoms with E-state index in [0.717, 1.165) is 5.56 Å². The van der Waals surface area contributed by atoms with E-state index in [2.05, 4.69) is 21.2 Å². The highest BCUT2D eigenvalue weighted by molar-refractivity contribution is 9.10. The van der Waals surface area contributed by atoms with Crippen LogP contribution in [-0.4, -0.2) is 21.8 Å². The lowest BCUT2D eigenvalue weighted by atomic mass is 9.83. The molecule has 0 fully saturated rings. The number of phenolic OH excluding ortho intramolecular Hbond substituents is 1. The van der Waals surface area contributed by atoms with E-state index in [1.807, 2.05) is 30.3 Å². The highest BCUT2D eigenvalue weighted by atomic mass is 79.9. The van der Waals surface area contributed by atoms with Gasteiger partial charge in [0.1, 0.15) is 11.5 Å². The van der Waals surface area contributed by atoms with Crippen LogP contribution >= 0.6 is 28.3 Å². The van der Waals surface area contributed by atoms with Crippen LogP contribution in [0.3, 0.4) is 0 Å². The van der Waals surface area contributed by atoms with Crippen LogP contribution < -0.4 is 5.32 Å². The lowest BCUT2D eigenvalue weighted by Gasteiger charge is -2.26. The molecule has 0 spiro atoms. The SMILES string of the molecule is Cl.O=C1C(=O)c2ccccc2C(O)=C1C(NCc1ccccc1)c1cc(Br)ccc1O. The standard InChI is InChI=1S/C24H18BrNO4.ClH/c25-15-10-11-19(27)18(12-15)21(26-13-14-6-2-1-3-7-14)20-22(28)16-8-4-5-9-17(16)23(29)24(20)30;/h1-12,21,26-28H,13H2;1H. The maximum Gasteiger partial charge on any atom is 0.235 e. The average Bonchev–Trinajstić information content (AvgIpc) is 2.77. The molecule has 0 bridgehead atoms. The number of carbonyl (C=O) groups is 2. The molecular formula is C24H19BrClNO4. The fraction of sp³-hybridized carbons (Fsp3) is 0.0833. The number of benzene rings is 3. The van der Waals surface area contributed by atoms with Gasteiger partial charge in [-0.1, -0.05) is 70.5 Å². The number of rotatable bonds is 5. The third-order valence-electron chi connectivity index (χ3n) is 5.08. The zero-order valence-electron chi connectivity index (χ0n) is 16.2. The number of carbonyl (C=O) groups excluding carboxylic acids is 2. The van der Waals surface area contributed by atoms with E-state index < -0.39 is 17.6 Å². The van der Waals surface area contributed by atoms with Crippen LogP contribution in [0.1, 0.15) is 33.1 Å². The summed E-state index contributed by atoms with van der Waals surface area (Å²) in [6.45, 7) is 0.358. The fourth-order valence-electron chi connectivity index (χ4n) is 3.59. The van der Waals surface area contributed by atoms with Gasteiger partial charge >= 0.3 is 0 Å². The van der Waals surface area contributed by atoms with Crippen LogP contribution in [-0.2, 0) is 11.3 Å². The number of hydrogen-bond acceptors (Lipinski definition) is 5. The predicted molar refractivity (Wildman–Crippen MR) is 124 cm³/mol. The van der Waals surface area contributed by atoms with Crippen LogP contribution in [0, 0.1) is 0 Å². The Hall–Kier alpha value is -2.93. The van der Waals surface area contributed by atoms with Gasteiger partial charge in [0.25, 0.3) is 0 Å². The summed E-state index contributed by atoms with van der Waals surface area (Å²) >= 11 is 3.38. The van der Waals surface area contributed by atoms with Crippen molar-refractivity contribution in [3.63, 3.8) is 0 Å². The van der Waals surface area contributed by atoms with Crippen molar-refractivity contribution in [2.45, 2.75) is 12.6 Å². The Kier molecular flexibility index (Phi) is 6.95. The average molecular weight is 501 g/mol. The Bertz CT molecular complexity index is 1180. The lowest BCUT2D eigenvalue weighted by molar-refractivity contribution is -0.112. The van der Waals surface area contributed by atoms with Crippen molar-refractivity contribution in [1.82, 2.24) is 5.32 Å². The summed E-state index contributed by atoms with van der Waals surface area (Å²) in [7, 11) is 0. The summed E-state index contributed by atoms with van der Waals surface area (Å²) in [6, 6.07) is 19.9. The molecule has 0 heterocycles. The molecular weight excluding hydrogens is 482 g/mol. The Morgan fingerprint density at radius 3 is 2.19 bits per heavy atom. The highest BCUT2D eigenvalue weighted by Crippen LogP contribution is 2.38. The van der Waals surface area contributed by atoms with Gasteiger partial charge in [0.15, 0.2) is 0 Å². The smallest absolute Gasteiger partial charge is 0.235 e. The van der Waals surface area contributed by atoms with Crippen LogP contribution in [0.5, 0.6) is 5.75 Å². The first-order valence-corrected chi connectivity index (χ1v) is 10.1. The summed E-state index contributed by atoms with van der Waals surface area (Å²) in [5.41, 5.74) is 1.72. The molecule has 5 nitrogen and oxygen atoms in total. The number of nitrogens with one attached hydrogen (secondary N) is 1. The number of fused-ring (bicyclic) bond motifs is 1. The van der Waals surface area contributed by atoms with Gasteiger partial charge in [-0.2, -0.15) is 0 Å². The fourth-order valence-corrected chi connectivity index (χ4v) is 3.97. The maximum atomic E-state index is 13.0. The van der Waals surface area contributed by atoms with Crippen molar-refractivity contribution in [3.05, 3.63) is 105 Å². The van der Waals surface area contributed by atoms with E-state index in [1.165, 1.54) is 12.1 Å². The minimum absolute atomic E-state index is 0. The van der Waals surface area contributed by atoms with Crippen molar-refractivity contribution >= 4 is 45.7 Å². The predicted octanol–water partition coefficient (Wildman–Crippen LogP) is 5.14. The second-order valence-electron chi connectivity index (χ2n) is 6.97. The molecule has 158 valence electrons. The first-order valence-electron chi connectivity index (χ1n) is 9.34. The molecule has 7 heteroatoms. The molecule has 31 heavy (non-hydrogen) atoms. The van der Waals surface area contributed by atoms with Gasteiger partial charge in [0.2, 0.25) is 11.6 Å². The summed E-state index contributed by atoms with van der Waals surface area (Å²) in [5, 5.41) is 24.7. The minimum Gasteiger partial charge on any atom is -0.508 e. The molecule has 0 aromatic heterocycles. The first kappa shape index (κ1) is 22.7. The molecule has 0 amide bonds. The molecule has 1 aliphatic carbocycles. The second-order valence-corrected chi connectivity index (χ2v) is 7.88. The number of aromatic hydroxyl groups is 1. The zero-order chi connectivity index (χ0) is 21.3. The van der Waals surface area contributed by atoms with E-state index in [-0.39, 0.29) is 35.1 Å². The maximum absolute atomic E-state index is 13.0. The summed E-state index contributed by atoms with van der Waals surface area (Å²) in [5.74, 6) is -1.79. The van der Waals surface area contributed by atoms with Gasteiger partial charge in [-0.25, -0.2) is 0 Å². The molecule has 0 aliphatic heterocycles. The first-order chi connectivity index (χ1) is 14.5. The third kappa shape index (κ3) is 4.42. The summed E-state index contributed by atoms with van der Waals surface area (Å²) in [6.07, 6.45) is 0. The van der Waals surface area contributed by atoms with E-state index in [0.29, 0.717) is 22.1 Å². The number of aliphatic hydroxyl groups is 1. The van der Waals surface area contributed by atoms with E-state index in [9.17, 15) is 19.8 Å². The van der Waals surface area contributed by atoms with Crippen LogP contribution in [0.15, 0.2) is 82.8 Å². The van der Waals surface area contributed by atoms with Crippen molar-refractivity contribution in [3.8, 4) is 5.75 Å². The van der Waals surface area contributed by atoms with Gasteiger partial charge in [-0.15, -0.1) is 12.4 Å². The van der Waals surface area contributed by atoms with Crippen molar-refractivity contribution in [2.24, 2.45) is 0 Å². The molecule has 3 aromatic rings. The number of ketones is 2. The van der Waals surface area contributed by atoms with Gasteiger partial charge in [-0.3, -0.25) is 9.59 Å². The molecule has 0 saturated carbocycles. The number of Topliss-reactive ketones (excluding diaryl/α,β-unsaturated/α-hetero) is 2. The molecule has 0 saturated heterocycles. The zero-order valence-corrected chi connectivity index (χ0v) is 18.6. The molecule has 3 N–H and O–H groups in total. The van der Waals surface area contributed by atoms with Crippen LogP contribution in [0.2, 0.25) is 0 Å². The molecule has 0 radical (unpaired) electrons. The topological polar surface area (TPSA) is 86.6 Å². The van der Waals surface area contributed by atoms with E-state index >= 15 is 0 Å². The Labute approximate surface area is 194 Å². The molecule has 1 atom stereocenters. The Balaban J connectivity index is 0.00000272. The molecule has 1 aliphatic rings. The third-order valence-corrected chi connectivity index (χ3v) is 5.57. The Morgan fingerprint density at radius 1 is 0.839 bits per heavy atom. The summed E-state index contributed by atoms with van der Waals surface area (Å²) < 4.78 is 0.692. The van der Waals surface area contributed by atoms with Crippen molar-refractivity contribution < 1.29 is 19.8 Å². The molecule has 4 rings (SSSR count). The number of phenols is 1. The number of aliphatic hydroxyl groups excluding tert-OH is 1. The van der Waals surface area contributed by atoms with Gasteiger partial charge in [-0.05, 0) is 23.8 Å². The van der Waals surface area contributed by atoms with Gasteiger partial charge < -0.3 is 15.5 Å². The van der Waals surface area contributed by atoms with Crippen LogP contribution in [0.25, 0.3) is 5.76 Å². The second kappa shape index (κ2) is 9.47. The lowest BCUT2D eigenvalue weighted by Crippen LogP contribution is -2.33. The molecule has 3 aromatic carbocycles. The number of hydrogen-bond donors (Lipinski definition) is 3. The largest absolute Gasteiger partial charge is 0.508 e. The van der Waals surface area contributed by atoms with Gasteiger partial charge in [0.05, 0.1) is 11.6 Å². The normalized spacial score (nSPS) is 14.1. The van der Waals surface area contributed by atoms with Crippen molar-refractivity contribution in [2.75, 3.05) is 0 Å². The number of halogens is 2. The van der Waals surface area contributed by atoms with Crippen molar-refractivity contribution in [1.29, 1.82) is 0 Å². The minimum atomic E-state index is -0.896. The van der Waals surface area contributed by atoms with Crippen LogP contribution in [0.4, 0.5) is 0 Å². The molecule has 1 unspecified atom stereocenters. The quantitative estimate of drug-likeness (QED) is 0.422. The monoisotopic (exact) mass is 499 g/mol. The van der Waals surface area contributed by atoms with E-state index in [4.69, 9.17) is 0 Å². The summed E-state index contributed by atoms with van der Waals surface area (Å²) in [4.78, 5) is 25.8. The Morgan fingerprint density at radius 2 is 1.48 bits per heavy atom.